The molecule has 0 aromatic carbocycles. The molecule has 1 aliphatic heterocycles. The molecule has 1 aliphatic rings. The van der Waals surface area contributed by atoms with Gasteiger partial charge in [0.25, 0.3) is 0 Å². The van der Waals surface area contributed by atoms with Crippen LogP contribution in [0.3, 0.4) is 0 Å². The topological polar surface area (TPSA) is 58.9 Å². The van der Waals surface area contributed by atoms with Gasteiger partial charge in [0.05, 0.1) is 0 Å². The zero-order chi connectivity index (χ0) is 9.57. The van der Waals surface area contributed by atoms with Crippen LogP contribution in [0.2, 0.25) is 0 Å². The standard InChI is InChI=1S/C8H15O4/c1-5-7(3,9)12-6(2)8(4,10)11-5/h5-6,9-10H,3H2,1-2,4H3/q+1. The molecule has 1 rings (SSSR count). The zero-order valence-corrected chi connectivity index (χ0v) is 7.57. The van der Waals surface area contributed by atoms with Crippen molar-refractivity contribution in [1.82, 2.24) is 0 Å². The molecule has 4 atom stereocenters. The van der Waals surface area contributed by atoms with Gasteiger partial charge >= 0.3 is 5.79 Å². The van der Waals surface area contributed by atoms with E-state index in [1.54, 1.807) is 13.8 Å². The van der Waals surface area contributed by atoms with Gasteiger partial charge in [-0.3, -0.25) is 0 Å². The lowest BCUT2D eigenvalue weighted by molar-refractivity contribution is -0.398. The Morgan fingerprint density at radius 2 is 1.67 bits per heavy atom. The highest BCUT2D eigenvalue weighted by Gasteiger charge is 2.52. The van der Waals surface area contributed by atoms with Crippen LogP contribution in [0.5, 0.6) is 0 Å². The lowest BCUT2D eigenvalue weighted by Crippen LogP contribution is -2.60. The normalized spacial score (nSPS) is 55.4. The Morgan fingerprint density at radius 1 is 1.17 bits per heavy atom. The van der Waals surface area contributed by atoms with Gasteiger partial charge < -0.3 is 19.7 Å². The Bertz CT molecular complexity index is 156. The average molecular weight is 175 g/mol. The Labute approximate surface area is 72.1 Å². The van der Waals surface area contributed by atoms with Crippen molar-refractivity contribution in [3.05, 3.63) is 6.92 Å². The van der Waals surface area contributed by atoms with Crippen LogP contribution in [0.1, 0.15) is 20.8 Å². The molecule has 1 fully saturated rings. The molecule has 0 aliphatic carbocycles. The van der Waals surface area contributed by atoms with E-state index in [0.717, 1.165) is 0 Å². The van der Waals surface area contributed by atoms with Gasteiger partial charge in [-0.25, -0.2) is 0 Å². The van der Waals surface area contributed by atoms with Crippen LogP contribution < -0.4 is 0 Å². The van der Waals surface area contributed by atoms with Crippen LogP contribution in [-0.4, -0.2) is 34.0 Å². The van der Waals surface area contributed by atoms with E-state index in [2.05, 4.69) is 6.92 Å². The monoisotopic (exact) mass is 175 g/mol. The van der Waals surface area contributed by atoms with Gasteiger partial charge in [0.1, 0.15) is 13.0 Å². The van der Waals surface area contributed by atoms with Crippen LogP contribution in [-0.2, 0) is 9.47 Å². The van der Waals surface area contributed by atoms with Crippen molar-refractivity contribution >= 4 is 0 Å². The molecule has 70 valence electrons. The molecule has 1 saturated heterocycles. The summed E-state index contributed by atoms with van der Waals surface area (Å²) in [5.74, 6) is -2.93. The van der Waals surface area contributed by atoms with Crippen LogP contribution in [0, 0.1) is 6.92 Å². The first-order valence-electron chi connectivity index (χ1n) is 3.91. The second-order valence-electron chi connectivity index (χ2n) is 3.42. The number of rotatable bonds is 0. The molecule has 4 unspecified atom stereocenters. The fourth-order valence-electron chi connectivity index (χ4n) is 1.06. The quantitative estimate of drug-likeness (QED) is 0.510. The lowest BCUT2D eigenvalue weighted by Gasteiger charge is -2.42. The molecule has 0 saturated carbocycles. The van der Waals surface area contributed by atoms with Crippen molar-refractivity contribution < 1.29 is 19.7 Å². The third kappa shape index (κ3) is 1.56. The summed E-state index contributed by atoms with van der Waals surface area (Å²) >= 11 is 0. The van der Waals surface area contributed by atoms with E-state index < -0.39 is 23.8 Å². The van der Waals surface area contributed by atoms with E-state index in [-0.39, 0.29) is 0 Å². The van der Waals surface area contributed by atoms with Crippen molar-refractivity contribution in [2.75, 3.05) is 0 Å². The second-order valence-corrected chi connectivity index (χ2v) is 3.42. The Morgan fingerprint density at radius 3 is 2.08 bits per heavy atom. The highest BCUT2D eigenvalue weighted by atomic mass is 16.7. The summed E-state index contributed by atoms with van der Waals surface area (Å²) in [4.78, 5) is 0. The predicted octanol–water partition coefficient (Wildman–Crippen LogP) is 0.0414. The Hall–Kier alpha value is -0.290. The van der Waals surface area contributed by atoms with Gasteiger partial charge in [0, 0.05) is 0 Å². The van der Waals surface area contributed by atoms with E-state index >= 15 is 0 Å². The van der Waals surface area contributed by atoms with Crippen LogP contribution >= 0.6 is 0 Å². The lowest BCUT2D eigenvalue weighted by atomic mass is 10.1. The molecule has 4 heteroatoms. The summed E-state index contributed by atoms with van der Waals surface area (Å²) in [5, 5.41) is 19.0. The third-order valence-electron chi connectivity index (χ3n) is 2.19. The Balaban J connectivity index is 2.76. The fraction of sp³-hybridized carbons (Fsp3) is 0.875. The van der Waals surface area contributed by atoms with E-state index in [0.29, 0.717) is 0 Å². The van der Waals surface area contributed by atoms with E-state index in [9.17, 15) is 10.2 Å². The smallest absolute Gasteiger partial charge is 0.339 e. The minimum absolute atomic E-state index is 0.601. The summed E-state index contributed by atoms with van der Waals surface area (Å²) in [6.07, 6.45) is -1.25. The van der Waals surface area contributed by atoms with Crippen molar-refractivity contribution in [3.63, 3.8) is 0 Å². The molecular formula is C8H15O4+. The van der Waals surface area contributed by atoms with Crippen molar-refractivity contribution in [2.45, 2.75) is 44.6 Å². The SMILES string of the molecule is [CH2+]C1(O)OC(C)C(C)(O)OC1C. The number of aliphatic hydroxyl groups is 2. The molecule has 0 radical (unpaired) electrons. The van der Waals surface area contributed by atoms with E-state index in [1.807, 2.05) is 0 Å². The predicted molar refractivity (Wildman–Crippen MR) is 42.0 cm³/mol. The fourth-order valence-corrected chi connectivity index (χ4v) is 1.06. The van der Waals surface area contributed by atoms with E-state index in [4.69, 9.17) is 9.47 Å². The maximum Gasteiger partial charge on any atom is 0.339 e. The van der Waals surface area contributed by atoms with Gasteiger partial charge in [0.15, 0.2) is 11.9 Å². The molecule has 12 heavy (non-hydrogen) atoms. The number of ether oxygens (including phenoxy) is 2. The van der Waals surface area contributed by atoms with Gasteiger partial charge in [-0.05, 0) is 20.8 Å². The largest absolute Gasteiger partial charge is 0.364 e. The van der Waals surface area contributed by atoms with Crippen LogP contribution in [0.15, 0.2) is 0 Å². The highest BCUT2D eigenvalue weighted by molar-refractivity contribution is 4.88. The molecule has 0 spiro atoms. The molecule has 0 bridgehead atoms. The molecule has 4 nitrogen and oxygen atoms in total. The molecule has 0 aromatic heterocycles. The van der Waals surface area contributed by atoms with Crippen molar-refractivity contribution in [3.8, 4) is 0 Å². The molecule has 1 heterocycles. The molecule has 2 N–H and O–H groups in total. The number of hydrogen-bond acceptors (Lipinski definition) is 4. The maximum absolute atomic E-state index is 9.56. The zero-order valence-electron chi connectivity index (χ0n) is 7.57. The Kier molecular flexibility index (Phi) is 2.12. The first-order valence-corrected chi connectivity index (χ1v) is 3.91. The minimum Gasteiger partial charge on any atom is -0.364 e. The highest BCUT2D eigenvalue weighted by Crippen LogP contribution is 2.31. The average Bonchev–Trinajstić information content (AvgIpc) is 1.82. The van der Waals surface area contributed by atoms with Gasteiger partial charge in [-0.15, -0.1) is 0 Å². The third-order valence-corrected chi connectivity index (χ3v) is 2.19. The van der Waals surface area contributed by atoms with E-state index in [1.165, 1.54) is 6.92 Å². The molecule has 0 aromatic rings. The second kappa shape index (κ2) is 2.60. The molecular weight excluding hydrogens is 160 g/mol. The van der Waals surface area contributed by atoms with Crippen LogP contribution in [0.4, 0.5) is 0 Å². The molecule has 0 amide bonds. The van der Waals surface area contributed by atoms with Crippen molar-refractivity contribution in [1.29, 1.82) is 0 Å². The van der Waals surface area contributed by atoms with Gasteiger partial charge in [0.2, 0.25) is 0 Å². The van der Waals surface area contributed by atoms with Gasteiger partial charge in [-0.1, -0.05) is 0 Å². The first-order chi connectivity index (χ1) is 5.26. The summed E-state index contributed by atoms with van der Waals surface area (Å²) in [5.41, 5.74) is 0. The van der Waals surface area contributed by atoms with Crippen LogP contribution in [0.25, 0.3) is 0 Å². The first kappa shape index (κ1) is 9.80. The van der Waals surface area contributed by atoms with Gasteiger partial charge in [-0.2, -0.15) is 0 Å². The maximum atomic E-state index is 9.56. The van der Waals surface area contributed by atoms with Crippen molar-refractivity contribution in [2.24, 2.45) is 0 Å². The summed E-state index contributed by atoms with van der Waals surface area (Å²) in [6.45, 7) is 8.12. The summed E-state index contributed by atoms with van der Waals surface area (Å²) in [7, 11) is 0. The minimum atomic E-state index is -1.57. The summed E-state index contributed by atoms with van der Waals surface area (Å²) < 4.78 is 10.2. The number of hydrogen-bond donors (Lipinski definition) is 2. The summed E-state index contributed by atoms with van der Waals surface area (Å²) in [6, 6.07) is 0.